The number of carbonyl (C=O) groups is 6. The summed E-state index contributed by atoms with van der Waals surface area (Å²) in [6, 6.07) is 23.1. The first-order valence-corrected chi connectivity index (χ1v) is 28.2. The summed E-state index contributed by atoms with van der Waals surface area (Å²) in [6.45, 7) is 7.01. The molecule has 2 aliphatic rings. The number of nitrogens with one attached hydrogen (secondary N) is 2. The van der Waals surface area contributed by atoms with E-state index >= 15 is 0 Å². The fraction of sp³-hybridized carbons (Fsp3) is 0.533. The van der Waals surface area contributed by atoms with Gasteiger partial charge in [0, 0.05) is 59.1 Å². The molecule has 7 atom stereocenters. The number of methoxy groups -OCH3 is 2. The number of amides is 1. The van der Waals surface area contributed by atoms with Crippen molar-refractivity contribution < 1.29 is 100 Å². The third kappa shape index (κ3) is 20.5. The Labute approximate surface area is 502 Å². The number of esters is 4. The Morgan fingerprint density at radius 3 is 1.78 bits per heavy atom. The van der Waals surface area contributed by atoms with Crippen LogP contribution in [-0.2, 0) is 91.2 Å². The van der Waals surface area contributed by atoms with E-state index in [-0.39, 0.29) is 97.9 Å². The van der Waals surface area contributed by atoms with Crippen LogP contribution in [0.15, 0.2) is 94.6 Å². The third-order valence-corrected chi connectivity index (χ3v) is 13.8. The van der Waals surface area contributed by atoms with E-state index in [4.69, 9.17) is 66.3 Å². The number of aromatic nitrogens is 2. The van der Waals surface area contributed by atoms with Crippen LogP contribution in [0.25, 0.3) is 0 Å². The summed E-state index contributed by atoms with van der Waals surface area (Å²) in [5.74, 6) is -3.40. The summed E-state index contributed by atoms with van der Waals surface area (Å²) in [5.41, 5.74) is -1.92. The smallest absolute Gasteiger partial charge is 0.330 e. The topological polar surface area (TPSA) is 322 Å². The van der Waals surface area contributed by atoms with Crippen molar-refractivity contribution in [3.8, 4) is 11.5 Å². The lowest BCUT2D eigenvalue weighted by Gasteiger charge is -2.47. The van der Waals surface area contributed by atoms with Gasteiger partial charge in [-0.1, -0.05) is 54.6 Å². The first-order chi connectivity index (χ1) is 41.8. The molecule has 476 valence electrons. The van der Waals surface area contributed by atoms with Crippen LogP contribution in [0.1, 0.15) is 69.0 Å². The fourth-order valence-electron chi connectivity index (χ4n) is 9.79. The average molecular weight is 1220 g/mol. The Balaban J connectivity index is 1.07. The lowest BCUT2D eigenvalue weighted by molar-refractivity contribution is -0.279. The number of morpholine rings is 1. The standard InChI is InChI=1S/C60H78N4O23/c1-39-33-64(58(73)62-56(39)72)50-34-63(23-24-76-25-26-77-27-28-78-29-30-79-31-32-80-57-53(61-40(2)65)55(85-43(5)68)54(84-42(4)67)49(86-57)35-81-41(3)66)36-59(87-50,37-82-52(71)22-21-51(69)70)38-83-60(44-11-9-8-10-12-44,45-13-17-47(74-6)18-14-45)46-15-19-48(75-7)20-16-46/h8-20,33,49-50,53-55,57H,21-32,34-38H2,1-7H3,(H,61,65)(H,69,70)(H,62,72,73)/t49-,50-,53-,54+,55-,57-,59-/m1/s1. The molecule has 0 unspecified atom stereocenters. The van der Waals surface area contributed by atoms with E-state index in [1.807, 2.05) is 83.8 Å². The highest BCUT2D eigenvalue weighted by molar-refractivity contribution is 5.76. The van der Waals surface area contributed by atoms with Crippen LogP contribution in [0.5, 0.6) is 11.5 Å². The molecule has 0 radical (unpaired) electrons. The Kier molecular flexibility index (Phi) is 26.8. The molecule has 3 N–H and O–H groups in total. The number of aromatic amines is 1. The minimum absolute atomic E-state index is 0.0525. The van der Waals surface area contributed by atoms with Crippen LogP contribution < -0.4 is 26.0 Å². The van der Waals surface area contributed by atoms with Gasteiger partial charge in [0.05, 0.1) is 93.1 Å². The minimum atomic E-state index is -1.57. The summed E-state index contributed by atoms with van der Waals surface area (Å²) >= 11 is 0. The zero-order valence-corrected chi connectivity index (χ0v) is 49.9. The third-order valence-electron chi connectivity index (χ3n) is 13.8. The van der Waals surface area contributed by atoms with Crippen molar-refractivity contribution in [2.75, 3.05) is 113 Å². The highest BCUT2D eigenvalue weighted by Crippen LogP contribution is 2.43. The molecule has 27 heteroatoms. The number of carboxylic acid groups (broad SMARTS) is 1. The van der Waals surface area contributed by atoms with E-state index in [0.29, 0.717) is 22.6 Å². The maximum Gasteiger partial charge on any atom is 0.330 e. The van der Waals surface area contributed by atoms with Gasteiger partial charge in [-0.25, -0.2) is 4.79 Å². The fourth-order valence-corrected chi connectivity index (χ4v) is 9.79. The number of nitrogens with zero attached hydrogens (tertiary/aromatic N) is 2. The van der Waals surface area contributed by atoms with E-state index in [1.54, 1.807) is 21.1 Å². The molecule has 0 spiro atoms. The summed E-state index contributed by atoms with van der Waals surface area (Å²) in [6.07, 6.45) is -5.46. The molecule has 0 saturated carbocycles. The number of carboxylic acids is 1. The number of carbonyl (C=O) groups excluding carboxylic acids is 5. The second-order valence-corrected chi connectivity index (χ2v) is 20.4. The number of benzene rings is 3. The predicted molar refractivity (Wildman–Crippen MR) is 305 cm³/mol. The average Bonchev–Trinajstić information content (AvgIpc) is 1.22. The van der Waals surface area contributed by atoms with Gasteiger partial charge in [-0.05, 0) is 47.9 Å². The molecule has 2 saturated heterocycles. The van der Waals surface area contributed by atoms with Crippen LogP contribution in [0.2, 0.25) is 0 Å². The number of hydrogen-bond donors (Lipinski definition) is 3. The normalized spacial score (nSPS) is 20.4. The summed E-state index contributed by atoms with van der Waals surface area (Å²) in [7, 11) is 3.13. The molecule has 0 aliphatic carbocycles. The molecule has 2 aliphatic heterocycles. The highest BCUT2D eigenvalue weighted by Gasteiger charge is 2.52. The van der Waals surface area contributed by atoms with Gasteiger partial charge in [0.2, 0.25) is 5.91 Å². The minimum Gasteiger partial charge on any atom is -0.497 e. The van der Waals surface area contributed by atoms with Crippen LogP contribution in [0, 0.1) is 6.92 Å². The Morgan fingerprint density at radius 1 is 0.690 bits per heavy atom. The van der Waals surface area contributed by atoms with Gasteiger partial charge < -0.3 is 76.7 Å². The van der Waals surface area contributed by atoms with Gasteiger partial charge in [0.15, 0.2) is 24.7 Å². The predicted octanol–water partition coefficient (Wildman–Crippen LogP) is 2.59. The van der Waals surface area contributed by atoms with E-state index < -0.39 is 115 Å². The lowest BCUT2D eigenvalue weighted by atomic mass is 9.79. The zero-order chi connectivity index (χ0) is 62.9. The van der Waals surface area contributed by atoms with Gasteiger partial charge in [0.25, 0.3) is 5.56 Å². The molecule has 1 aromatic heterocycles. The summed E-state index contributed by atoms with van der Waals surface area (Å²) < 4.78 is 83.4. The molecular weight excluding hydrogens is 1140 g/mol. The Morgan fingerprint density at radius 2 is 1.24 bits per heavy atom. The monoisotopic (exact) mass is 1220 g/mol. The summed E-state index contributed by atoms with van der Waals surface area (Å²) in [4.78, 5) is 103. The van der Waals surface area contributed by atoms with Crippen molar-refractivity contribution in [1.82, 2.24) is 19.8 Å². The number of hydrogen-bond acceptors (Lipinski definition) is 23. The Hall–Kier alpha value is -7.60. The van der Waals surface area contributed by atoms with Crippen molar-refractivity contribution in [2.45, 2.75) is 95.5 Å². The molecule has 6 rings (SSSR count). The molecular formula is C60H78N4O23. The number of aliphatic carboxylic acids is 1. The Bertz CT molecular complexity index is 2930. The van der Waals surface area contributed by atoms with Gasteiger partial charge >= 0.3 is 35.5 Å². The molecule has 2 fully saturated rings. The highest BCUT2D eigenvalue weighted by atomic mass is 16.7. The SMILES string of the molecule is COc1ccc(C(OC[C@]2(COC(=O)CCC(=O)O)CN(CCOCCOCCOCCOCCO[C@@H]3O[C@H](COC(C)=O)[C@H](OC(C)=O)[C@H](OC(C)=O)[C@H]3NC(C)=O)C[C@H](n3cc(C)c(=O)[nH]c3=O)O2)(c2ccccc2)c2ccc(OC)cc2)cc1. The number of aryl methyl sites for hydroxylation is 1. The first-order valence-electron chi connectivity index (χ1n) is 28.2. The number of H-pyrrole nitrogens is 1. The second kappa shape index (κ2) is 34.1. The van der Waals surface area contributed by atoms with E-state index in [2.05, 4.69) is 10.3 Å². The van der Waals surface area contributed by atoms with E-state index in [9.17, 15) is 43.5 Å². The van der Waals surface area contributed by atoms with Crippen LogP contribution in [-0.4, -0.2) is 205 Å². The first kappa shape index (κ1) is 68.5. The number of ether oxygens (including phenoxy) is 14. The maximum atomic E-state index is 13.6. The van der Waals surface area contributed by atoms with Crippen molar-refractivity contribution >= 4 is 35.8 Å². The van der Waals surface area contributed by atoms with Crippen LogP contribution >= 0.6 is 0 Å². The quantitative estimate of drug-likeness (QED) is 0.0258. The molecule has 0 bridgehead atoms. The molecule has 87 heavy (non-hydrogen) atoms. The van der Waals surface area contributed by atoms with Gasteiger partial charge in [-0.3, -0.25) is 48.0 Å². The van der Waals surface area contributed by atoms with E-state index in [1.165, 1.54) is 24.6 Å². The van der Waals surface area contributed by atoms with Gasteiger partial charge in [-0.15, -0.1) is 0 Å². The van der Waals surface area contributed by atoms with Gasteiger partial charge in [-0.2, -0.15) is 0 Å². The lowest BCUT2D eigenvalue weighted by Crippen LogP contribution is -2.66. The van der Waals surface area contributed by atoms with Crippen molar-refractivity contribution in [2.24, 2.45) is 0 Å². The molecule has 4 aromatic rings. The van der Waals surface area contributed by atoms with Crippen molar-refractivity contribution in [1.29, 1.82) is 0 Å². The molecule has 1 amide bonds. The summed E-state index contributed by atoms with van der Waals surface area (Å²) in [5, 5.41) is 12.0. The zero-order valence-electron chi connectivity index (χ0n) is 49.9. The largest absolute Gasteiger partial charge is 0.497 e. The van der Waals surface area contributed by atoms with E-state index in [0.717, 1.165) is 19.4 Å². The maximum absolute atomic E-state index is 13.6. The number of rotatable bonds is 35. The second-order valence-electron chi connectivity index (χ2n) is 20.4. The molecule has 3 heterocycles. The van der Waals surface area contributed by atoms with Gasteiger partial charge in [0.1, 0.15) is 48.1 Å². The molecule has 3 aromatic carbocycles. The molecule has 27 nitrogen and oxygen atoms in total. The van der Waals surface area contributed by atoms with Crippen LogP contribution in [0.3, 0.4) is 0 Å². The van der Waals surface area contributed by atoms with Crippen LogP contribution in [0.4, 0.5) is 0 Å². The van der Waals surface area contributed by atoms with Crippen molar-refractivity contribution in [3.05, 3.63) is 128 Å². The van der Waals surface area contributed by atoms with Crippen molar-refractivity contribution in [3.63, 3.8) is 0 Å².